The van der Waals surface area contributed by atoms with E-state index in [-0.39, 0.29) is 5.91 Å². The second-order valence-corrected chi connectivity index (χ2v) is 6.40. The Morgan fingerprint density at radius 2 is 1.76 bits per heavy atom. The number of guanidine groups is 1. The van der Waals surface area contributed by atoms with E-state index in [2.05, 4.69) is 47.3 Å². The summed E-state index contributed by atoms with van der Waals surface area (Å²) < 4.78 is 0. The van der Waals surface area contributed by atoms with E-state index in [1.807, 2.05) is 4.90 Å². The fraction of sp³-hybridized carbons (Fsp3) is 0.579. The number of hydrogen-bond acceptors (Lipinski definition) is 3. The highest BCUT2D eigenvalue weighted by Gasteiger charge is 2.17. The minimum Gasteiger partial charge on any atom is -0.370 e. The maximum Gasteiger partial charge on any atom is 0.219 e. The average molecular weight is 345 g/mol. The van der Waals surface area contributed by atoms with Crippen LogP contribution in [-0.4, -0.2) is 60.9 Å². The third-order valence-corrected chi connectivity index (χ3v) is 4.77. The Bertz CT molecular complexity index is 584. The molecular formula is C19H31N5O. The quantitative estimate of drug-likeness (QED) is 0.608. The number of anilines is 1. The number of nitrogens with zero attached hydrogens (tertiary/aromatic N) is 3. The Hall–Kier alpha value is -2.08. The summed E-state index contributed by atoms with van der Waals surface area (Å²) in [6.07, 6.45) is 1.92. The standard InChI is InChI=1S/C19H31N5O/c1-4-16-7-6-8-17(5-2)18(16)22-19(20)21-9-10-23-11-13-24(14-12-23)15(3)25/h6-8H,4-5,9-14H2,1-3H3,(H3,20,21,22). The zero-order valence-corrected chi connectivity index (χ0v) is 15.7. The molecule has 6 heteroatoms. The zero-order chi connectivity index (χ0) is 18.2. The predicted molar refractivity (Wildman–Crippen MR) is 104 cm³/mol. The van der Waals surface area contributed by atoms with E-state index in [4.69, 9.17) is 5.73 Å². The van der Waals surface area contributed by atoms with Crippen molar-refractivity contribution in [3.8, 4) is 0 Å². The van der Waals surface area contributed by atoms with Gasteiger partial charge in [-0.25, -0.2) is 0 Å². The average Bonchev–Trinajstić information content (AvgIpc) is 2.62. The third-order valence-electron chi connectivity index (χ3n) is 4.77. The number of aryl methyl sites for hydroxylation is 2. The van der Waals surface area contributed by atoms with Crippen LogP contribution in [0.5, 0.6) is 0 Å². The van der Waals surface area contributed by atoms with E-state index < -0.39 is 0 Å². The van der Waals surface area contributed by atoms with Crippen molar-refractivity contribution in [2.75, 3.05) is 44.6 Å². The van der Waals surface area contributed by atoms with Gasteiger partial charge in [0.1, 0.15) is 0 Å². The van der Waals surface area contributed by atoms with Crippen molar-refractivity contribution in [1.82, 2.24) is 9.80 Å². The van der Waals surface area contributed by atoms with E-state index in [1.54, 1.807) is 6.92 Å². The lowest BCUT2D eigenvalue weighted by Gasteiger charge is -2.33. The maximum atomic E-state index is 11.3. The molecule has 1 aliphatic rings. The van der Waals surface area contributed by atoms with Gasteiger partial charge in [0.05, 0.1) is 6.54 Å². The Kier molecular flexibility index (Phi) is 7.25. The largest absolute Gasteiger partial charge is 0.370 e. The van der Waals surface area contributed by atoms with Gasteiger partial charge < -0.3 is 16.0 Å². The van der Waals surface area contributed by atoms with E-state index in [0.717, 1.165) is 51.3 Å². The Morgan fingerprint density at radius 3 is 2.28 bits per heavy atom. The molecule has 2 rings (SSSR count). The van der Waals surface area contributed by atoms with Crippen LogP contribution in [0.1, 0.15) is 31.9 Å². The Labute approximate surface area is 151 Å². The first kappa shape index (κ1) is 19.2. The Balaban J connectivity index is 1.86. The third kappa shape index (κ3) is 5.46. The van der Waals surface area contributed by atoms with Gasteiger partial charge in [-0.2, -0.15) is 0 Å². The summed E-state index contributed by atoms with van der Waals surface area (Å²) in [6, 6.07) is 6.35. The minimum absolute atomic E-state index is 0.160. The van der Waals surface area contributed by atoms with Crippen LogP contribution < -0.4 is 11.1 Å². The summed E-state index contributed by atoms with van der Waals surface area (Å²) in [5.41, 5.74) is 9.72. The van der Waals surface area contributed by atoms with Gasteiger partial charge >= 0.3 is 0 Å². The van der Waals surface area contributed by atoms with E-state index in [9.17, 15) is 4.79 Å². The van der Waals surface area contributed by atoms with Crippen molar-refractivity contribution in [3.05, 3.63) is 29.3 Å². The molecule has 0 radical (unpaired) electrons. The summed E-state index contributed by atoms with van der Waals surface area (Å²) in [5, 5.41) is 3.30. The molecule has 1 aromatic carbocycles. The molecule has 6 nitrogen and oxygen atoms in total. The smallest absolute Gasteiger partial charge is 0.219 e. The number of aliphatic imine (C=N–C) groups is 1. The van der Waals surface area contributed by atoms with Crippen LogP contribution in [0.25, 0.3) is 0 Å². The monoisotopic (exact) mass is 345 g/mol. The fourth-order valence-electron chi connectivity index (χ4n) is 3.17. The summed E-state index contributed by atoms with van der Waals surface area (Å²) in [4.78, 5) is 20.0. The van der Waals surface area contributed by atoms with Gasteiger partial charge in [-0.3, -0.25) is 14.7 Å². The maximum absolute atomic E-state index is 11.3. The molecule has 0 atom stereocenters. The number of carbonyl (C=O) groups is 1. The first-order valence-corrected chi connectivity index (χ1v) is 9.20. The first-order chi connectivity index (χ1) is 12.0. The highest BCUT2D eigenvalue weighted by atomic mass is 16.2. The molecule has 0 unspecified atom stereocenters. The van der Waals surface area contributed by atoms with Crippen molar-refractivity contribution in [2.45, 2.75) is 33.6 Å². The number of hydrogen-bond donors (Lipinski definition) is 2. The molecule has 1 aliphatic heterocycles. The number of amides is 1. The lowest BCUT2D eigenvalue weighted by molar-refractivity contribution is -0.130. The van der Waals surface area contributed by atoms with Crippen LogP contribution in [0.2, 0.25) is 0 Å². The molecule has 1 heterocycles. The van der Waals surface area contributed by atoms with Crippen LogP contribution in [0.3, 0.4) is 0 Å². The van der Waals surface area contributed by atoms with Crippen LogP contribution in [0, 0.1) is 0 Å². The molecule has 0 bridgehead atoms. The molecular weight excluding hydrogens is 314 g/mol. The second-order valence-electron chi connectivity index (χ2n) is 6.40. The zero-order valence-electron chi connectivity index (χ0n) is 15.7. The lowest BCUT2D eigenvalue weighted by Crippen LogP contribution is -2.48. The number of piperazine rings is 1. The molecule has 1 amide bonds. The summed E-state index contributed by atoms with van der Waals surface area (Å²) in [7, 11) is 0. The van der Waals surface area contributed by atoms with Gasteiger partial charge in [-0.15, -0.1) is 0 Å². The number of benzene rings is 1. The second kappa shape index (κ2) is 9.42. The van der Waals surface area contributed by atoms with Crippen molar-refractivity contribution in [1.29, 1.82) is 0 Å². The topological polar surface area (TPSA) is 74.0 Å². The van der Waals surface area contributed by atoms with Crippen LogP contribution in [0.15, 0.2) is 23.2 Å². The number of para-hydroxylation sites is 1. The molecule has 0 aromatic heterocycles. The van der Waals surface area contributed by atoms with E-state index in [0.29, 0.717) is 12.5 Å². The summed E-state index contributed by atoms with van der Waals surface area (Å²) in [6.45, 7) is 10.9. The van der Waals surface area contributed by atoms with Crippen molar-refractivity contribution < 1.29 is 4.79 Å². The molecule has 1 fully saturated rings. The highest BCUT2D eigenvalue weighted by molar-refractivity contribution is 5.93. The molecule has 0 saturated carbocycles. The normalized spacial score (nSPS) is 16.1. The van der Waals surface area contributed by atoms with Crippen molar-refractivity contribution in [2.24, 2.45) is 10.7 Å². The summed E-state index contributed by atoms with van der Waals surface area (Å²) in [5.74, 6) is 0.630. The molecule has 1 saturated heterocycles. The van der Waals surface area contributed by atoms with Gasteiger partial charge in [-0.05, 0) is 24.0 Å². The Morgan fingerprint density at radius 1 is 1.16 bits per heavy atom. The van der Waals surface area contributed by atoms with Gasteiger partial charge in [0.15, 0.2) is 5.96 Å². The van der Waals surface area contributed by atoms with E-state index in [1.165, 1.54) is 11.1 Å². The minimum atomic E-state index is 0.160. The summed E-state index contributed by atoms with van der Waals surface area (Å²) >= 11 is 0. The molecule has 138 valence electrons. The number of nitrogens with two attached hydrogens (primary N) is 1. The number of nitrogens with one attached hydrogen (secondary N) is 1. The first-order valence-electron chi connectivity index (χ1n) is 9.20. The van der Waals surface area contributed by atoms with Crippen molar-refractivity contribution >= 4 is 17.6 Å². The lowest BCUT2D eigenvalue weighted by atomic mass is 10.0. The molecule has 0 spiro atoms. The van der Waals surface area contributed by atoms with Crippen LogP contribution in [-0.2, 0) is 17.6 Å². The fourth-order valence-corrected chi connectivity index (χ4v) is 3.17. The van der Waals surface area contributed by atoms with Crippen molar-refractivity contribution in [3.63, 3.8) is 0 Å². The molecule has 1 aromatic rings. The SMILES string of the molecule is CCc1cccc(CC)c1NC(N)=NCCN1CCN(C(C)=O)CC1. The number of rotatable bonds is 6. The van der Waals surface area contributed by atoms with E-state index >= 15 is 0 Å². The van der Waals surface area contributed by atoms with Gasteiger partial charge in [-0.1, -0.05) is 32.0 Å². The molecule has 0 aliphatic carbocycles. The molecule has 3 N–H and O–H groups in total. The van der Waals surface area contributed by atoms with Gasteiger partial charge in [0, 0.05) is 45.3 Å². The number of carbonyl (C=O) groups excluding carboxylic acids is 1. The predicted octanol–water partition coefficient (Wildman–Crippen LogP) is 1.70. The van der Waals surface area contributed by atoms with Crippen LogP contribution >= 0.6 is 0 Å². The van der Waals surface area contributed by atoms with Gasteiger partial charge in [0.25, 0.3) is 0 Å². The molecule has 25 heavy (non-hydrogen) atoms. The van der Waals surface area contributed by atoms with Gasteiger partial charge in [0.2, 0.25) is 5.91 Å². The van der Waals surface area contributed by atoms with Crippen LogP contribution in [0.4, 0.5) is 5.69 Å². The highest BCUT2D eigenvalue weighted by Crippen LogP contribution is 2.22.